The molecule has 4 unspecified atom stereocenters. The van der Waals surface area contributed by atoms with Gasteiger partial charge in [0.2, 0.25) is 23.6 Å². The van der Waals surface area contributed by atoms with Gasteiger partial charge in [-0.3, -0.25) is 24.2 Å². The second-order valence-corrected chi connectivity index (χ2v) is 7.59. The molecular weight excluding hydrogens is 440 g/mol. The number of aliphatic hydroxyl groups excluding tert-OH is 1. The monoisotopic (exact) mass is 474 g/mol. The Labute approximate surface area is 190 Å². The van der Waals surface area contributed by atoms with E-state index < -0.39 is 66.8 Å². The Hall–Kier alpha value is -3.46. The third kappa shape index (κ3) is 11.6. The number of guanidine groups is 1. The van der Waals surface area contributed by atoms with Crippen LogP contribution in [0.15, 0.2) is 4.99 Å². The second kappa shape index (κ2) is 14.6. The summed E-state index contributed by atoms with van der Waals surface area (Å²) in [6.07, 6.45) is -0.342. The standard InChI is InChI=1S/C18H34N8O7/c1-8(2)13(20)16(31)24-9(4-3-5-23-18(21)22)14(29)26-11(7-27)15(30)25-10(17(32)33)6-12(19)28/h8-11,13,27H,3-7,20H2,1-2H3,(H2,19,28)(H,24,31)(H,25,30)(H,26,29)(H,32,33)(H4,21,22,23). The van der Waals surface area contributed by atoms with Gasteiger partial charge in [-0.15, -0.1) is 0 Å². The van der Waals surface area contributed by atoms with Crippen molar-refractivity contribution in [3.8, 4) is 0 Å². The van der Waals surface area contributed by atoms with Crippen molar-refractivity contribution in [3.63, 3.8) is 0 Å². The Kier molecular flexibility index (Phi) is 13.0. The summed E-state index contributed by atoms with van der Waals surface area (Å²) in [5.74, 6) is -5.38. The Morgan fingerprint density at radius 2 is 1.39 bits per heavy atom. The van der Waals surface area contributed by atoms with E-state index in [1.807, 2.05) is 5.32 Å². The minimum Gasteiger partial charge on any atom is -0.480 e. The number of primary amides is 1. The molecule has 0 rings (SSSR count). The van der Waals surface area contributed by atoms with Gasteiger partial charge >= 0.3 is 5.97 Å². The van der Waals surface area contributed by atoms with Gasteiger partial charge in [0, 0.05) is 6.54 Å². The van der Waals surface area contributed by atoms with E-state index in [-0.39, 0.29) is 31.3 Å². The molecule has 0 saturated heterocycles. The summed E-state index contributed by atoms with van der Waals surface area (Å²) in [5.41, 5.74) is 21.3. The van der Waals surface area contributed by atoms with E-state index in [1.54, 1.807) is 13.8 Å². The number of rotatable bonds is 15. The molecule has 0 heterocycles. The third-order valence-electron chi connectivity index (χ3n) is 4.43. The zero-order chi connectivity index (χ0) is 25.7. The van der Waals surface area contributed by atoms with E-state index in [4.69, 9.17) is 28.0 Å². The van der Waals surface area contributed by atoms with Gasteiger partial charge in [-0.25, -0.2) is 4.79 Å². The molecule has 0 aromatic rings. The molecule has 0 aliphatic rings. The first-order valence-corrected chi connectivity index (χ1v) is 10.1. The maximum Gasteiger partial charge on any atom is 0.326 e. The molecule has 15 nitrogen and oxygen atoms in total. The fourth-order valence-corrected chi connectivity index (χ4v) is 2.48. The molecule has 0 radical (unpaired) electrons. The summed E-state index contributed by atoms with van der Waals surface area (Å²) < 4.78 is 0. The maximum absolute atomic E-state index is 12.7. The largest absolute Gasteiger partial charge is 0.480 e. The van der Waals surface area contributed by atoms with Crippen LogP contribution in [0.1, 0.15) is 33.1 Å². The topological polar surface area (TPSA) is 278 Å². The molecule has 0 aliphatic heterocycles. The quantitative estimate of drug-likeness (QED) is 0.0622. The first-order valence-electron chi connectivity index (χ1n) is 10.1. The van der Waals surface area contributed by atoms with Crippen molar-refractivity contribution in [1.82, 2.24) is 16.0 Å². The van der Waals surface area contributed by atoms with E-state index in [0.717, 1.165) is 0 Å². The number of nitrogens with zero attached hydrogens (tertiary/aromatic N) is 1. The minimum atomic E-state index is -1.65. The maximum atomic E-state index is 12.7. The number of amides is 4. The highest BCUT2D eigenvalue weighted by Crippen LogP contribution is 2.04. The summed E-state index contributed by atoms with van der Waals surface area (Å²) in [6, 6.07) is -5.28. The fourth-order valence-electron chi connectivity index (χ4n) is 2.48. The summed E-state index contributed by atoms with van der Waals surface area (Å²) in [4.78, 5) is 63.4. The van der Waals surface area contributed by atoms with Crippen LogP contribution in [-0.4, -0.2) is 83.1 Å². The fraction of sp³-hybridized carbons (Fsp3) is 0.667. The minimum absolute atomic E-state index is 0.0678. The zero-order valence-corrected chi connectivity index (χ0v) is 18.6. The van der Waals surface area contributed by atoms with Crippen LogP contribution in [0.2, 0.25) is 0 Å². The van der Waals surface area contributed by atoms with Crippen molar-refractivity contribution in [3.05, 3.63) is 0 Å². The summed E-state index contributed by atoms with van der Waals surface area (Å²) in [5, 5.41) is 25.3. The van der Waals surface area contributed by atoms with Crippen molar-refractivity contribution in [2.45, 2.75) is 57.3 Å². The lowest BCUT2D eigenvalue weighted by Crippen LogP contribution is -2.58. The van der Waals surface area contributed by atoms with Gasteiger partial charge in [-0.1, -0.05) is 13.8 Å². The van der Waals surface area contributed by atoms with E-state index >= 15 is 0 Å². The van der Waals surface area contributed by atoms with E-state index in [2.05, 4.69) is 15.6 Å². The number of hydrogen-bond acceptors (Lipinski definition) is 8. The molecule has 0 aromatic heterocycles. The number of aliphatic carboxylic acids is 1. The molecule has 0 aliphatic carbocycles. The van der Waals surface area contributed by atoms with Crippen molar-refractivity contribution < 1.29 is 34.2 Å². The van der Waals surface area contributed by atoms with Crippen LogP contribution < -0.4 is 38.9 Å². The molecule has 33 heavy (non-hydrogen) atoms. The van der Waals surface area contributed by atoms with Gasteiger partial charge in [-0.05, 0) is 18.8 Å². The molecule has 4 amide bonds. The number of nitrogens with two attached hydrogens (primary N) is 4. The second-order valence-electron chi connectivity index (χ2n) is 7.59. The molecule has 0 saturated carbocycles. The van der Waals surface area contributed by atoms with Crippen LogP contribution >= 0.6 is 0 Å². The first-order chi connectivity index (χ1) is 15.3. The average Bonchev–Trinajstić information content (AvgIpc) is 2.71. The van der Waals surface area contributed by atoms with Crippen LogP contribution in [0.25, 0.3) is 0 Å². The van der Waals surface area contributed by atoms with Crippen molar-refractivity contribution in [2.75, 3.05) is 13.2 Å². The lowest BCUT2D eigenvalue weighted by molar-refractivity contribution is -0.144. The van der Waals surface area contributed by atoms with Crippen LogP contribution in [-0.2, 0) is 24.0 Å². The average molecular weight is 475 g/mol. The predicted molar refractivity (Wildman–Crippen MR) is 117 cm³/mol. The first kappa shape index (κ1) is 29.5. The van der Waals surface area contributed by atoms with Gasteiger partial charge in [0.1, 0.15) is 18.1 Å². The van der Waals surface area contributed by atoms with Crippen molar-refractivity contribution >= 4 is 35.6 Å². The molecule has 0 spiro atoms. The lowest BCUT2D eigenvalue weighted by atomic mass is 10.0. The molecule has 0 bridgehead atoms. The van der Waals surface area contributed by atoms with Gasteiger partial charge < -0.3 is 49.1 Å². The highest BCUT2D eigenvalue weighted by molar-refractivity contribution is 5.95. The van der Waals surface area contributed by atoms with Gasteiger partial charge in [-0.2, -0.15) is 0 Å². The number of aliphatic hydroxyl groups is 1. The number of carbonyl (C=O) groups is 5. The number of nitrogens with one attached hydrogen (secondary N) is 3. The summed E-state index contributed by atoms with van der Waals surface area (Å²) in [7, 11) is 0. The number of carbonyl (C=O) groups excluding carboxylic acids is 4. The molecule has 4 atom stereocenters. The van der Waals surface area contributed by atoms with Gasteiger partial charge in [0.05, 0.1) is 19.1 Å². The number of aliphatic imine (C=N–C) groups is 1. The molecule has 0 fully saturated rings. The summed E-state index contributed by atoms with van der Waals surface area (Å²) in [6.45, 7) is 2.71. The van der Waals surface area contributed by atoms with Gasteiger partial charge in [0.25, 0.3) is 0 Å². The van der Waals surface area contributed by atoms with Gasteiger partial charge in [0.15, 0.2) is 5.96 Å². The van der Waals surface area contributed by atoms with E-state index in [9.17, 15) is 29.1 Å². The Morgan fingerprint density at radius 1 is 0.879 bits per heavy atom. The number of carboxylic acids is 1. The highest BCUT2D eigenvalue weighted by atomic mass is 16.4. The smallest absolute Gasteiger partial charge is 0.326 e. The molecule has 15 heteroatoms. The Morgan fingerprint density at radius 3 is 1.85 bits per heavy atom. The Balaban J connectivity index is 5.36. The number of carboxylic acid groups (broad SMARTS) is 1. The van der Waals surface area contributed by atoms with Crippen molar-refractivity contribution in [2.24, 2.45) is 33.8 Å². The molecule has 0 aromatic carbocycles. The van der Waals surface area contributed by atoms with E-state index in [1.165, 1.54) is 0 Å². The van der Waals surface area contributed by atoms with Crippen LogP contribution in [0.4, 0.5) is 0 Å². The predicted octanol–water partition coefficient (Wildman–Crippen LogP) is -4.57. The highest BCUT2D eigenvalue weighted by Gasteiger charge is 2.30. The number of hydrogen-bond donors (Lipinski definition) is 9. The van der Waals surface area contributed by atoms with Crippen LogP contribution in [0.3, 0.4) is 0 Å². The molecular formula is C18H34N8O7. The normalized spacial score (nSPS) is 14.3. The van der Waals surface area contributed by atoms with E-state index in [0.29, 0.717) is 0 Å². The SMILES string of the molecule is CC(C)C(N)C(=O)NC(CCCN=C(N)N)C(=O)NC(CO)C(=O)NC(CC(N)=O)C(=O)O. The van der Waals surface area contributed by atoms with Crippen molar-refractivity contribution in [1.29, 1.82) is 0 Å². The zero-order valence-electron chi connectivity index (χ0n) is 18.6. The third-order valence-corrected chi connectivity index (χ3v) is 4.43. The molecule has 13 N–H and O–H groups in total. The van der Waals surface area contributed by atoms with Crippen LogP contribution in [0, 0.1) is 5.92 Å². The Bertz CT molecular complexity index is 739. The van der Waals surface area contributed by atoms with Crippen LogP contribution in [0.5, 0.6) is 0 Å². The molecule has 188 valence electrons. The lowest BCUT2D eigenvalue weighted by Gasteiger charge is -2.24. The summed E-state index contributed by atoms with van der Waals surface area (Å²) >= 11 is 0.